The van der Waals surface area contributed by atoms with E-state index in [1.807, 2.05) is 7.05 Å². The predicted molar refractivity (Wildman–Crippen MR) is 87.3 cm³/mol. The first-order valence-electron chi connectivity index (χ1n) is 8.88. The van der Waals surface area contributed by atoms with Gasteiger partial charge in [0, 0.05) is 12.1 Å². The Kier molecular flexibility index (Phi) is 6.97. The molecule has 4 nitrogen and oxygen atoms in total. The zero-order chi connectivity index (χ0) is 15.1. The molecule has 2 fully saturated rings. The monoisotopic (exact) mass is 295 g/mol. The maximum absolute atomic E-state index is 12.4. The van der Waals surface area contributed by atoms with Crippen LogP contribution < -0.4 is 10.6 Å². The van der Waals surface area contributed by atoms with Gasteiger partial charge in [0.25, 0.3) is 0 Å². The van der Waals surface area contributed by atoms with Crippen molar-refractivity contribution in [2.24, 2.45) is 5.92 Å². The first kappa shape index (κ1) is 16.8. The Balaban J connectivity index is 1.79. The number of amides is 1. The number of nitrogens with one attached hydrogen (secondary N) is 2. The van der Waals surface area contributed by atoms with Crippen LogP contribution in [-0.4, -0.2) is 49.6 Å². The molecule has 122 valence electrons. The van der Waals surface area contributed by atoms with Crippen molar-refractivity contribution >= 4 is 5.91 Å². The van der Waals surface area contributed by atoms with Crippen LogP contribution >= 0.6 is 0 Å². The molecule has 0 bridgehead atoms. The number of carbonyl (C=O) groups excluding carboxylic acids is 1. The van der Waals surface area contributed by atoms with Gasteiger partial charge in [-0.05, 0) is 58.2 Å². The van der Waals surface area contributed by atoms with E-state index in [1.54, 1.807) is 0 Å². The number of rotatable bonds is 6. The average molecular weight is 295 g/mol. The third-order valence-corrected chi connectivity index (χ3v) is 5.28. The smallest absolute Gasteiger partial charge is 0.234 e. The second-order valence-electron chi connectivity index (χ2n) is 6.95. The standard InChI is InChI=1S/C17H33N3O/c1-14-7-3-4-9-16(14)19-17(21)13-20-12-6-5-8-15(20)10-11-18-2/h14-16,18H,3-13H2,1-2H3,(H,19,21). The molecule has 2 rings (SSSR count). The first-order chi connectivity index (χ1) is 10.2. The summed E-state index contributed by atoms with van der Waals surface area (Å²) in [6.07, 6.45) is 9.97. The van der Waals surface area contributed by atoms with Gasteiger partial charge >= 0.3 is 0 Å². The molecule has 1 aliphatic carbocycles. The van der Waals surface area contributed by atoms with E-state index in [4.69, 9.17) is 0 Å². The SMILES string of the molecule is CNCCC1CCCCN1CC(=O)NC1CCCCC1C. The molecular formula is C17H33N3O. The van der Waals surface area contributed by atoms with Gasteiger partial charge in [0.2, 0.25) is 5.91 Å². The molecule has 3 unspecified atom stereocenters. The Labute approximate surface area is 130 Å². The van der Waals surface area contributed by atoms with Crippen LogP contribution in [0.5, 0.6) is 0 Å². The average Bonchev–Trinajstić information content (AvgIpc) is 2.49. The molecule has 2 N–H and O–H groups in total. The summed E-state index contributed by atoms with van der Waals surface area (Å²) in [5, 5.41) is 6.53. The molecule has 0 radical (unpaired) electrons. The molecule has 0 aromatic carbocycles. The zero-order valence-corrected chi connectivity index (χ0v) is 13.9. The van der Waals surface area contributed by atoms with Crippen molar-refractivity contribution < 1.29 is 4.79 Å². The molecule has 1 amide bonds. The minimum Gasteiger partial charge on any atom is -0.352 e. The summed E-state index contributed by atoms with van der Waals surface area (Å²) >= 11 is 0. The molecule has 0 spiro atoms. The number of carbonyl (C=O) groups is 1. The van der Waals surface area contributed by atoms with Crippen LogP contribution in [0.4, 0.5) is 0 Å². The van der Waals surface area contributed by atoms with Gasteiger partial charge in [-0.15, -0.1) is 0 Å². The summed E-state index contributed by atoms with van der Waals surface area (Å²) in [4.78, 5) is 14.8. The fraction of sp³-hybridized carbons (Fsp3) is 0.941. The third kappa shape index (κ3) is 5.26. The third-order valence-electron chi connectivity index (χ3n) is 5.28. The minimum absolute atomic E-state index is 0.241. The van der Waals surface area contributed by atoms with Gasteiger partial charge in [-0.25, -0.2) is 0 Å². The van der Waals surface area contributed by atoms with Gasteiger partial charge in [0.1, 0.15) is 0 Å². The highest BCUT2D eigenvalue weighted by molar-refractivity contribution is 5.78. The molecule has 1 saturated heterocycles. The number of hydrogen-bond acceptors (Lipinski definition) is 3. The summed E-state index contributed by atoms with van der Waals surface area (Å²) in [7, 11) is 2.00. The summed E-state index contributed by atoms with van der Waals surface area (Å²) in [6, 6.07) is 0.993. The zero-order valence-electron chi connectivity index (χ0n) is 13.9. The fourth-order valence-corrected chi connectivity index (χ4v) is 3.87. The Morgan fingerprint density at radius 2 is 1.90 bits per heavy atom. The Bertz CT molecular complexity index is 321. The van der Waals surface area contributed by atoms with Crippen LogP contribution in [0.3, 0.4) is 0 Å². The summed E-state index contributed by atoms with van der Waals surface area (Å²) in [5.74, 6) is 0.884. The highest BCUT2D eigenvalue weighted by Crippen LogP contribution is 2.24. The Morgan fingerprint density at radius 3 is 2.67 bits per heavy atom. The molecule has 1 heterocycles. The van der Waals surface area contributed by atoms with Crippen LogP contribution in [0, 0.1) is 5.92 Å². The van der Waals surface area contributed by atoms with Crippen LogP contribution in [0.2, 0.25) is 0 Å². The lowest BCUT2D eigenvalue weighted by Crippen LogP contribution is -2.49. The van der Waals surface area contributed by atoms with Crippen molar-refractivity contribution in [3.05, 3.63) is 0 Å². The highest BCUT2D eigenvalue weighted by Gasteiger charge is 2.26. The normalized spacial score (nSPS) is 31.0. The van der Waals surface area contributed by atoms with E-state index in [2.05, 4.69) is 22.5 Å². The maximum atomic E-state index is 12.4. The fourth-order valence-electron chi connectivity index (χ4n) is 3.87. The number of hydrogen-bond donors (Lipinski definition) is 2. The topological polar surface area (TPSA) is 44.4 Å². The first-order valence-corrected chi connectivity index (χ1v) is 8.88. The lowest BCUT2D eigenvalue weighted by Gasteiger charge is -2.36. The van der Waals surface area contributed by atoms with E-state index in [0.717, 1.165) is 25.9 Å². The van der Waals surface area contributed by atoms with Crippen molar-refractivity contribution in [2.45, 2.75) is 70.4 Å². The van der Waals surface area contributed by atoms with Crippen molar-refractivity contribution in [3.63, 3.8) is 0 Å². The molecular weight excluding hydrogens is 262 g/mol. The summed E-state index contributed by atoms with van der Waals surface area (Å²) in [5.41, 5.74) is 0. The van der Waals surface area contributed by atoms with Crippen LogP contribution in [-0.2, 0) is 4.79 Å². The summed E-state index contributed by atoms with van der Waals surface area (Å²) < 4.78 is 0. The predicted octanol–water partition coefficient (Wildman–Crippen LogP) is 2.15. The Hall–Kier alpha value is -0.610. The lowest BCUT2D eigenvalue weighted by molar-refractivity contribution is -0.124. The van der Waals surface area contributed by atoms with Crippen LogP contribution in [0.1, 0.15) is 58.3 Å². The van der Waals surface area contributed by atoms with Gasteiger partial charge < -0.3 is 10.6 Å². The number of piperidine rings is 1. The van der Waals surface area contributed by atoms with Gasteiger partial charge in [-0.3, -0.25) is 9.69 Å². The molecule has 2 aliphatic rings. The quantitative estimate of drug-likeness (QED) is 0.789. The maximum Gasteiger partial charge on any atom is 0.234 e. The van der Waals surface area contributed by atoms with E-state index in [9.17, 15) is 4.79 Å². The van der Waals surface area contributed by atoms with Crippen molar-refractivity contribution in [2.75, 3.05) is 26.7 Å². The van der Waals surface area contributed by atoms with E-state index in [1.165, 1.54) is 38.5 Å². The van der Waals surface area contributed by atoms with Crippen LogP contribution in [0.25, 0.3) is 0 Å². The molecule has 4 heteroatoms. The molecule has 0 aromatic heterocycles. The Morgan fingerprint density at radius 1 is 1.14 bits per heavy atom. The van der Waals surface area contributed by atoms with Crippen LogP contribution in [0.15, 0.2) is 0 Å². The minimum atomic E-state index is 0.241. The van der Waals surface area contributed by atoms with Gasteiger partial charge in [0.15, 0.2) is 0 Å². The second kappa shape index (κ2) is 8.74. The van der Waals surface area contributed by atoms with Gasteiger partial charge in [-0.1, -0.05) is 26.2 Å². The largest absolute Gasteiger partial charge is 0.352 e. The highest BCUT2D eigenvalue weighted by atomic mass is 16.2. The second-order valence-corrected chi connectivity index (χ2v) is 6.95. The van der Waals surface area contributed by atoms with Crippen molar-refractivity contribution in [3.8, 4) is 0 Å². The molecule has 1 saturated carbocycles. The van der Waals surface area contributed by atoms with Gasteiger partial charge in [-0.2, -0.15) is 0 Å². The van der Waals surface area contributed by atoms with E-state index in [-0.39, 0.29) is 5.91 Å². The molecule has 21 heavy (non-hydrogen) atoms. The summed E-state index contributed by atoms with van der Waals surface area (Å²) in [6.45, 7) is 5.00. The lowest BCUT2D eigenvalue weighted by atomic mass is 9.86. The van der Waals surface area contributed by atoms with Crippen molar-refractivity contribution in [1.29, 1.82) is 0 Å². The van der Waals surface area contributed by atoms with Gasteiger partial charge in [0.05, 0.1) is 6.54 Å². The van der Waals surface area contributed by atoms with E-state index >= 15 is 0 Å². The molecule has 1 aliphatic heterocycles. The van der Waals surface area contributed by atoms with Crippen molar-refractivity contribution in [1.82, 2.24) is 15.5 Å². The molecule has 3 atom stereocenters. The van der Waals surface area contributed by atoms with E-state index < -0.39 is 0 Å². The number of likely N-dealkylation sites (tertiary alicyclic amines) is 1. The van der Waals surface area contributed by atoms with E-state index in [0.29, 0.717) is 24.5 Å². The number of nitrogens with zero attached hydrogens (tertiary/aromatic N) is 1. The molecule has 0 aromatic rings.